The Morgan fingerprint density at radius 2 is 1.73 bits per heavy atom. The third-order valence-electron chi connectivity index (χ3n) is 3.81. The molecule has 2 aromatic carbocycles. The van der Waals surface area contributed by atoms with Crippen molar-refractivity contribution in [3.05, 3.63) is 78.8 Å². The van der Waals surface area contributed by atoms with Gasteiger partial charge in [-0.2, -0.15) is 5.10 Å². The molecule has 0 atom stereocenters. The Morgan fingerprint density at radius 1 is 1.04 bits per heavy atom. The molecule has 0 unspecified atom stereocenters. The fourth-order valence-corrected chi connectivity index (χ4v) is 2.52. The number of nitrogens with two attached hydrogens (primary N) is 1. The third-order valence-corrected chi connectivity index (χ3v) is 3.81. The lowest BCUT2D eigenvalue weighted by atomic mass is 10.3. The molecule has 7 nitrogen and oxygen atoms in total. The summed E-state index contributed by atoms with van der Waals surface area (Å²) in [5.41, 5.74) is 8.36. The minimum Gasteiger partial charge on any atom is -0.443 e. The van der Waals surface area contributed by atoms with E-state index in [0.29, 0.717) is 17.1 Å². The fourth-order valence-electron chi connectivity index (χ4n) is 2.52. The van der Waals surface area contributed by atoms with E-state index in [1.165, 1.54) is 6.26 Å². The Hall–Kier alpha value is -3.87. The first kappa shape index (κ1) is 15.6. The number of nitrogen functional groups attached to an aromatic ring is 1. The predicted molar refractivity (Wildman–Crippen MR) is 97.9 cm³/mol. The van der Waals surface area contributed by atoms with Crippen molar-refractivity contribution in [1.29, 1.82) is 0 Å². The Morgan fingerprint density at radius 3 is 2.46 bits per heavy atom. The van der Waals surface area contributed by atoms with Gasteiger partial charge in [0.2, 0.25) is 5.89 Å². The number of nitrogens with zero attached hydrogens (tertiary/aromatic N) is 3. The molecule has 0 spiro atoms. The smallest absolute Gasteiger partial charge is 0.277 e. The molecule has 26 heavy (non-hydrogen) atoms. The lowest BCUT2D eigenvalue weighted by Gasteiger charge is -2.03. The summed E-state index contributed by atoms with van der Waals surface area (Å²) in [7, 11) is 0. The predicted octanol–water partition coefficient (Wildman–Crippen LogP) is 3.36. The Labute approximate surface area is 149 Å². The molecule has 0 saturated carbocycles. The quantitative estimate of drug-likeness (QED) is 0.591. The standard InChI is InChI=1S/C19H15N5O2/c20-17-15(11-21-24(17)14-9-5-2-6-10-14)19-23-16(12-26-19)18(25)22-13-7-3-1-4-8-13/h1-12H,20H2,(H,22,25). The van der Waals surface area contributed by atoms with Crippen LogP contribution in [0.3, 0.4) is 0 Å². The monoisotopic (exact) mass is 345 g/mol. The first-order valence-corrected chi connectivity index (χ1v) is 7.93. The summed E-state index contributed by atoms with van der Waals surface area (Å²) in [6.07, 6.45) is 2.86. The van der Waals surface area contributed by atoms with Crippen molar-refractivity contribution in [2.45, 2.75) is 0 Å². The zero-order valence-corrected chi connectivity index (χ0v) is 13.7. The Kier molecular flexibility index (Phi) is 3.95. The Balaban J connectivity index is 1.59. The lowest BCUT2D eigenvalue weighted by Crippen LogP contribution is -2.12. The van der Waals surface area contributed by atoms with Gasteiger partial charge in [0.25, 0.3) is 5.91 Å². The van der Waals surface area contributed by atoms with Gasteiger partial charge >= 0.3 is 0 Å². The van der Waals surface area contributed by atoms with Gasteiger partial charge < -0.3 is 15.5 Å². The second-order valence-electron chi connectivity index (χ2n) is 5.55. The number of nitrogens with one attached hydrogen (secondary N) is 1. The van der Waals surface area contributed by atoms with Crippen LogP contribution in [0.5, 0.6) is 0 Å². The van der Waals surface area contributed by atoms with Crippen LogP contribution in [0.2, 0.25) is 0 Å². The van der Waals surface area contributed by atoms with Crippen LogP contribution in [0.15, 0.2) is 77.5 Å². The first-order valence-electron chi connectivity index (χ1n) is 7.93. The van der Waals surface area contributed by atoms with Crippen LogP contribution in [0, 0.1) is 0 Å². The molecule has 0 aliphatic heterocycles. The maximum atomic E-state index is 12.3. The number of hydrogen-bond donors (Lipinski definition) is 2. The first-order chi connectivity index (χ1) is 12.7. The number of oxazole rings is 1. The van der Waals surface area contributed by atoms with Gasteiger partial charge in [0.05, 0.1) is 17.4 Å². The van der Waals surface area contributed by atoms with Crippen molar-refractivity contribution < 1.29 is 9.21 Å². The molecule has 7 heteroatoms. The number of hydrogen-bond acceptors (Lipinski definition) is 5. The zero-order valence-electron chi connectivity index (χ0n) is 13.7. The molecule has 1 amide bonds. The van der Waals surface area contributed by atoms with Gasteiger partial charge in [0.1, 0.15) is 12.1 Å². The highest BCUT2D eigenvalue weighted by Gasteiger charge is 2.18. The van der Waals surface area contributed by atoms with Crippen molar-refractivity contribution in [3.8, 4) is 17.1 Å². The molecule has 0 radical (unpaired) electrons. The summed E-state index contributed by atoms with van der Waals surface area (Å²) in [6.45, 7) is 0. The average Bonchev–Trinajstić information content (AvgIpc) is 3.30. The minimum atomic E-state index is -0.361. The SMILES string of the molecule is Nc1c(-c2nc(C(=O)Nc3ccccc3)co2)cnn1-c1ccccc1. The molecule has 0 aliphatic rings. The molecule has 128 valence electrons. The molecular formula is C19H15N5O2. The molecule has 0 aliphatic carbocycles. The highest BCUT2D eigenvalue weighted by Crippen LogP contribution is 2.27. The number of benzene rings is 2. The molecule has 0 saturated heterocycles. The summed E-state index contributed by atoms with van der Waals surface area (Å²) in [5.74, 6) is 0.260. The van der Waals surface area contributed by atoms with Crippen LogP contribution in [0.25, 0.3) is 17.1 Å². The van der Waals surface area contributed by atoms with Crippen LogP contribution >= 0.6 is 0 Å². The number of carbonyl (C=O) groups is 1. The zero-order chi connectivity index (χ0) is 17.9. The van der Waals surface area contributed by atoms with E-state index in [0.717, 1.165) is 5.69 Å². The highest BCUT2D eigenvalue weighted by atomic mass is 16.3. The second kappa shape index (κ2) is 6.56. The van der Waals surface area contributed by atoms with Gasteiger partial charge in [-0.3, -0.25) is 4.79 Å². The second-order valence-corrected chi connectivity index (χ2v) is 5.55. The number of anilines is 2. The third kappa shape index (κ3) is 2.93. The van der Waals surface area contributed by atoms with Crippen molar-refractivity contribution in [2.75, 3.05) is 11.1 Å². The molecule has 2 aromatic heterocycles. The van der Waals surface area contributed by atoms with Gasteiger partial charge in [0.15, 0.2) is 5.69 Å². The summed E-state index contributed by atoms with van der Waals surface area (Å²) >= 11 is 0. The summed E-state index contributed by atoms with van der Waals surface area (Å²) in [4.78, 5) is 16.5. The summed E-state index contributed by atoms with van der Waals surface area (Å²) in [6, 6.07) is 18.6. The highest BCUT2D eigenvalue weighted by molar-refractivity contribution is 6.02. The lowest BCUT2D eigenvalue weighted by molar-refractivity contribution is 0.102. The van der Waals surface area contributed by atoms with Crippen molar-refractivity contribution in [1.82, 2.24) is 14.8 Å². The van der Waals surface area contributed by atoms with E-state index in [-0.39, 0.29) is 17.5 Å². The topological polar surface area (TPSA) is 99.0 Å². The molecular weight excluding hydrogens is 330 g/mol. The molecule has 0 bridgehead atoms. The van der Waals surface area contributed by atoms with Crippen LogP contribution in [-0.2, 0) is 0 Å². The normalized spacial score (nSPS) is 10.6. The van der Waals surface area contributed by atoms with Crippen molar-refractivity contribution in [3.63, 3.8) is 0 Å². The number of para-hydroxylation sites is 2. The van der Waals surface area contributed by atoms with E-state index < -0.39 is 0 Å². The number of carbonyl (C=O) groups excluding carboxylic acids is 1. The van der Waals surface area contributed by atoms with Crippen molar-refractivity contribution >= 4 is 17.4 Å². The van der Waals surface area contributed by atoms with E-state index in [2.05, 4.69) is 15.4 Å². The van der Waals surface area contributed by atoms with E-state index in [1.807, 2.05) is 48.5 Å². The summed E-state index contributed by atoms with van der Waals surface area (Å²) in [5, 5.41) is 7.03. The Bertz CT molecular complexity index is 1040. The maximum absolute atomic E-state index is 12.3. The van der Waals surface area contributed by atoms with Crippen LogP contribution < -0.4 is 11.1 Å². The number of amides is 1. The molecule has 4 rings (SSSR count). The van der Waals surface area contributed by atoms with E-state index in [1.54, 1.807) is 23.0 Å². The molecule has 4 aromatic rings. The summed E-state index contributed by atoms with van der Waals surface area (Å²) < 4.78 is 7.02. The average molecular weight is 345 g/mol. The van der Waals surface area contributed by atoms with Crippen molar-refractivity contribution in [2.24, 2.45) is 0 Å². The number of aromatic nitrogens is 3. The largest absolute Gasteiger partial charge is 0.443 e. The van der Waals surface area contributed by atoms with Crippen LogP contribution in [0.1, 0.15) is 10.5 Å². The number of rotatable bonds is 4. The minimum absolute atomic E-state index is 0.163. The molecule has 3 N–H and O–H groups in total. The van der Waals surface area contributed by atoms with Crippen LogP contribution in [0.4, 0.5) is 11.5 Å². The van der Waals surface area contributed by atoms with E-state index in [9.17, 15) is 4.79 Å². The fraction of sp³-hybridized carbons (Fsp3) is 0. The van der Waals surface area contributed by atoms with Gasteiger partial charge in [-0.1, -0.05) is 36.4 Å². The van der Waals surface area contributed by atoms with E-state index in [4.69, 9.17) is 10.2 Å². The molecule has 2 heterocycles. The van der Waals surface area contributed by atoms with Crippen LogP contribution in [-0.4, -0.2) is 20.7 Å². The molecule has 0 fully saturated rings. The van der Waals surface area contributed by atoms with Gasteiger partial charge in [-0.05, 0) is 24.3 Å². The van der Waals surface area contributed by atoms with Gasteiger partial charge in [-0.15, -0.1) is 0 Å². The van der Waals surface area contributed by atoms with Gasteiger partial charge in [0, 0.05) is 5.69 Å². The maximum Gasteiger partial charge on any atom is 0.277 e. The van der Waals surface area contributed by atoms with E-state index >= 15 is 0 Å². The van der Waals surface area contributed by atoms with Gasteiger partial charge in [-0.25, -0.2) is 9.67 Å².